The van der Waals surface area contributed by atoms with Crippen LogP contribution < -0.4 is 20.3 Å². The lowest BCUT2D eigenvalue weighted by Crippen LogP contribution is -2.50. The molecule has 6 heteroatoms. The molecule has 2 rings (SSSR count). The normalized spacial score (nSPS) is 17.7. The monoisotopic (exact) mass is 263 g/mol. The Morgan fingerprint density at radius 2 is 2.16 bits per heavy atom. The summed E-state index contributed by atoms with van der Waals surface area (Å²) in [5.74, 6) is -0.103. The second kappa shape index (κ2) is 5.27. The highest BCUT2D eigenvalue weighted by Crippen LogP contribution is 2.36. The van der Waals surface area contributed by atoms with E-state index < -0.39 is 6.10 Å². The van der Waals surface area contributed by atoms with Crippen LogP contribution in [0.25, 0.3) is 0 Å². The number of rotatable bonds is 3. The van der Waals surface area contributed by atoms with Crippen molar-refractivity contribution in [2.45, 2.75) is 13.0 Å². The molecule has 2 amide bonds. The summed E-state index contributed by atoms with van der Waals surface area (Å²) in [6, 6.07) is 5.32. The molecule has 0 spiro atoms. The number of benzene rings is 1. The van der Waals surface area contributed by atoms with Gasteiger partial charge in [-0.15, -0.1) is 0 Å². The predicted molar refractivity (Wildman–Crippen MR) is 72.5 cm³/mol. The van der Waals surface area contributed by atoms with Crippen molar-refractivity contribution in [3.05, 3.63) is 18.2 Å². The number of nitrogens with one attached hydrogen (secondary N) is 2. The molecular weight excluding hydrogens is 246 g/mol. The first-order valence-corrected chi connectivity index (χ1v) is 6.08. The molecule has 102 valence electrons. The van der Waals surface area contributed by atoms with Crippen LogP contribution in [0.4, 0.5) is 11.4 Å². The SMILES string of the molecule is CNCC(=O)N1C(=O)C(C)Oc2ccc(NC)cc21. The average Bonchev–Trinajstić information content (AvgIpc) is 2.40. The van der Waals surface area contributed by atoms with Gasteiger partial charge in [0.2, 0.25) is 5.91 Å². The predicted octanol–water partition coefficient (Wildman–Crippen LogP) is 0.588. The number of carbonyl (C=O) groups excluding carboxylic acids is 2. The van der Waals surface area contributed by atoms with Crippen molar-refractivity contribution in [2.75, 3.05) is 30.9 Å². The second-order valence-electron chi connectivity index (χ2n) is 4.29. The fourth-order valence-electron chi connectivity index (χ4n) is 1.98. The second-order valence-corrected chi connectivity index (χ2v) is 4.29. The van der Waals surface area contributed by atoms with E-state index in [4.69, 9.17) is 4.74 Å². The van der Waals surface area contributed by atoms with Crippen LogP contribution in [0.2, 0.25) is 0 Å². The smallest absolute Gasteiger partial charge is 0.274 e. The van der Waals surface area contributed by atoms with Crippen molar-refractivity contribution in [3.63, 3.8) is 0 Å². The Labute approximate surface area is 111 Å². The minimum absolute atomic E-state index is 0.0989. The van der Waals surface area contributed by atoms with Gasteiger partial charge in [-0.2, -0.15) is 0 Å². The van der Waals surface area contributed by atoms with Gasteiger partial charge in [0.05, 0.1) is 12.2 Å². The topological polar surface area (TPSA) is 70.7 Å². The summed E-state index contributed by atoms with van der Waals surface area (Å²) >= 11 is 0. The molecule has 19 heavy (non-hydrogen) atoms. The van der Waals surface area contributed by atoms with Crippen molar-refractivity contribution in [3.8, 4) is 5.75 Å². The zero-order valence-corrected chi connectivity index (χ0v) is 11.2. The van der Waals surface area contributed by atoms with Gasteiger partial charge in [-0.05, 0) is 32.2 Å². The maximum Gasteiger partial charge on any atom is 0.274 e. The number of fused-ring (bicyclic) bond motifs is 1. The molecule has 0 saturated carbocycles. The molecule has 1 aliphatic rings. The molecule has 1 atom stereocenters. The average molecular weight is 263 g/mol. The summed E-state index contributed by atoms with van der Waals surface area (Å²) < 4.78 is 5.51. The van der Waals surface area contributed by atoms with Gasteiger partial charge in [0.25, 0.3) is 5.91 Å². The van der Waals surface area contributed by atoms with Gasteiger partial charge >= 0.3 is 0 Å². The Balaban J connectivity index is 2.47. The summed E-state index contributed by atoms with van der Waals surface area (Å²) in [6.07, 6.45) is -0.659. The maximum atomic E-state index is 12.1. The third-order valence-electron chi connectivity index (χ3n) is 2.94. The molecule has 1 aliphatic heterocycles. The number of hydrogen-bond donors (Lipinski definition) is 2. The Kier molecular flexibility index (Phi) is 3.71. The van der Waals surface area contributed by atoms with Crippen LogP contribution in [-0.4, -0.2) is 38.6 Å². The fourth-order valence-corrected chi connectivity index (χ4v) is 1.98. The highest BCUT2D eigenvalue weighted by Gasteiger charge is 2.35. The van der Waals surface area contributed by atoms with E-state index in [9.17, 15) is 9.59 Å². The molecular formula is C13H17N3O3. The summed E-state index contributed by atoms with van der Waals surface area (Å²) in [5, 5.41) is 5.73. The van der Waals surface area contributed by atoms with Crippen molar-refractivity contribution in [1.82, 2.24) is 5.32 Å². The van der Waals surface area contributed by atoms with Gasteiger partial charge in [-0.25, -0.2) is 4.90 Å². The van der Waals surface area contributed by atoms with Gasteiger partial charge in [0.1, 0.15) is 5.75 Å². The van der Waals surface area contributed by atoms with Crippen LogP contribution in [0.5, 0.6) is 5.75 Å². The molecule has 1 aromatic carbocycles. The van der Waals surface area contributed by atoms with E-state index in [-0.39, 0.29) is 18.4 Å². The third kappa shape index (κ3) is 2.39. The van der Waals surface area contributed by atoms with E-state index >= 15 is 0 Å². The van der Waals surface area contributed by atoms with Crippen molar-refractivity contribution in [2.24, 2.45) is 0 Å². The van der Waals surface area contributed by atoms with Crippen LogP contribution in [0.3, 0.4) is 0 Å². The Bertz CT molecular complexity index is 516. The van der Waals surface area contributed by atoms with Gasteiger partial charge in [0.15, 0.2) is 6.10 Å². The maximum absolute atomic E-state index is 12.1. The van der Waals surface area contributed by atoms with Crippen LogP contribution in [0.1, 0.15) is 6.92 Å². The molecule has 2 N–H and O–H groups in total. The Hall–Kier alpha value is -2.08. The molecule has 1 aromatic rings. The number of likely N-dealkylation sites (N-methyl/N-ethyl adjacent to an activating group) is 1. The van der Waals surface area contributed by atoms with E-state index in [1.54, 1.807) is 33.2 Å². The first-order chi connectivity index (χ1) is 9.08. The quantitative estimate of drug-likeness (QED) is 0.835. The molecule has 0 aliphatic carbocycles. The van der Waals surface area contributed by atoms with Gasteiger partial charge < -0.3 is 15.4 Å². The van der Waals surface area contributed by atoms with E-state index in [2.05, 4.69) is 10.6 Å². The zero-order chi connectivity index (χ0) is 14.0. The van der Waals surface area contributed by atoms with Gasteiger partial charge in [-0.1, -0.05) is 0 Å². The summed E-state index contributed by atoms with van der Waals surface area (Å²) in [4.78, 5) is 25.4. The number of hydrogen-bond acceptors (Lipinski definition) is 5. The largest absolute Gasteiger partial charge is 0.479 e. The fraction of sp³-hybridized carbons (Fsp3) is 0.385. The number of ether oxygens (including phenoxy) is 1. The Morgan fingerprint density at radius 1 is 1.42 bits per heavy atom. The molecule has 0 fully saturated rings. The number of imide groups is 1. The first kappa shape index (κ1) is 13.4. The van der Waals surface area contributed by atoms with Gasteiger partial charge in [0, 0.05) is 12.7 Å². The number of amides is 2. The lowest BCUT2D eigenvalue weighted by molar-refractivity contribution is -0.131. The van der Waals surface area contributed by atoms with Crippen LogP contribution >= 0.6 is 0 Å². The molecule has 0 saturated heterocycles. The minimum Gasteiger partial charge on any atom is -0.479 e. The Morgan fingerprint density at radius 3 is 2.79 bits per heavy atom. The first-order valence-electron chi connectivity index (χ1n) is 6.08. The van der Waals surface area contributed by atoms with E-state index in [1.165, 1.54) is 4.90 Å². The molecule has 1 unspecified atom stereocenters. The standard InChI is InChI=1S/C13H17N3O3/c1-8-13(18)16(12(17)7-14-2)10-6-9(15-3)4-5-11(10)19-8/h4-6,8,14-15H,7H2,1-3H3. The lowest BCUT2D eigenvalue weighted by atomic mass is 10.1. The van der Waals surface area contributed by atoms with Crippen molar-refractivity contribution < 1.29 is 14.3 Å². The van der Waals surface area contributed by atoms with Crippen molar-refractivity contribution >= 4 is 23.2 Å². The number of anilines is 2. The lowest BCUT2D eigenvalue weighted by Gasteiger charge is -2.31. The van der Waals surface area contributed by atoms with Crippen molar-refractivity contribution in [1.29, 1.82) is 0 Å². The van der Waals surface area contributed by atoms with Crippen LogP contribution in [-0.2, 0) is 9.59 Å². The molecule has 0 aromatic heterocycles. The molecule has 0 bridgehead atoms. The zero-order valence-electron chi connectivity index (χ0n) is 11.2. The highest BCUT2D eigenvalue weighted by atomic mass is 16.5. The minimum atomic E-state index is -0.659. The molecule has 6 nitrogen and oxygen atoms in total. The van der Waals surface area contributed by atoms with E-state index in [0.717, 1.165) is 5.69 Å². The van der Waals surface area contributed by atoms with Crippen LogP contribution in [0.15, 0.2) is 18.2 Å². The van der Waals surface area contributed by atoms with Crippen LogP contribution in [0, 0.1) is 0 Å². The highest BCUT2D eigenvalue weighted by molar-refractivity contribution is 6.18. The van der Waals surface area contributed by atoms with Gasteiger partial charge in [-0.3, -0.25) is 9.59 Å². The molecule has 0 radical (unpaired) electrons. The summed E-state index contributed by atoms with van der Waals surface area (Å²) in [6.45, 7) is 1.73. The summed E-state index contributed by atoms with van der Waals surface area (Å²) in [7, 11) is 3.44. The van der Waals surface area contributed by atoms with E-state index in [0.29, 0.717) is 11.4 Å². The number of nitrogens with zero attached hydrogens (tertiary/aromatic N) is 1. The summed E-state index contributed by atoms with van der Waals surface area (Å²) in [5.41, 5.74) is 1.29. The third-order valence-corrected chi connectivity index (χ3v) is 2.94. The molecule has 1 heterocycles. The van der Waals surface area contributed by atoms with E-state index in [1.807, 2.05) is 6.07 Å². The number of carbonyl (C=O) groups is 2.